The predicted molar refractivity (Wildman–Crippen MR) is 57.5 cm³/mol. The Morgan fingerprint density at radius 2 is 1.80 bits per heavy atom. The summed E-state index contributed by atoms with van der Waals surface area (Å²) in [6.07, 6.45) is 2.05. The molecular weight excluding hydrogens is 196 g/mol. The normalized spacial score (nSPS) is 12.9. The van der Waals surface area contributed by atoms with Gasteiger partial charge in [0.25, 0.3) is 0 Å². The number of carbonyl (C=O) groups excluding carboxylic acids is 1. The lowest BCUT2D eigenvalue weighted by atomic mass is 10.1. The van der Waals surface area contributed by atoms with Gasteiger partial charge in [0.15, 0.2) is 6.29 Å². The van der Waals surface area contributed by atoms with Crippen LogP contribution >= 0.6 is 0 Å². The molecule has 4 heteroatoms. The van der Waals surface area contributed by atoms with E-state index in [0.29, 0.717) is 13.0 Å². The molecule has 0 saturated carbocycles. The number of hydrogen-bond donors (Lipinski definition) is 0. The van der Waals surface area contributed by atoms with Crippen molar-refractivity contribution in [2.45, 2.75) is 39.4 Å². The average molecular weight is 218 g/mol. The molecule has 0 saturated heterocycles. The standard InChI is InChI=1S/C11H22O4/c1-5-7-8-15-10(12)9(6-2)11(13-3)14-4/h9,11H,5-8H2,1-4H3. The molecule has 15 heavy (non-hydrogen) atoms. The van der Waals surface area contributed by atoms with Gasteiger partial charge in [-0.25, -0.2) is 0 Å². The van der Waals surface area contributed by atoms with Crippen molar-refractivity contribution < 1.29 is 19.0 Å². The summed E-state index contributed by atoms with van der Waals surface area (Å²) >= 11 is 0. The third-order valence-electron chi connectivity index (χ3n) is 2.28. The van der Waals surface area contributed by atoms with Crippen LogP contribution in [0.5, 0.6) is 0 Å². The van der Waals surface area contributed by atoms with Crippen LogP contribution in [0.1, 0.15) is 33.1 Å². The van der Waals surface area contributed by atoms with Crippen molar-refractivity contribution in [3.05, 3.63) is 0 Å². The summed E-state index contributed by atoms with van der Waals surface area (Å²) in [5.74, 6) is -0.573. The third kappa shape index (κ3) is 5.14. The first-order chi connectivity index (χ1) is 7.21. The molecule has 0 amide bonds. The fraction of sp³-hybridized carbons (Fsp3) is 0.909. The minimum absolute atomic E-state index is 0.236. The molecule has 0 rings (SSSR count). The molecule has 0 heterocycles. The molecule has 4 nitrogen and oxygen atoms in total. The van der Waals surface area contributed by atoms with Crippen LogP contribution in [0.2, 0.25) is 0 Å². The molecule has 0 N–H and O–H groups in total. The van der Waals surface area contributed by atoms with Gasteiger partial charge >= 0.3 is 5.97 Å². The molecule has 0 bridgehead atoms. The molecular formula is C11H22O4. The number of methoxy groups -OCH3 is 2. The summed E-state index contributed by atoms with van der Waals surface area (Å²) in [6.45, 7) is 4.45. The Morgan fingerprint density at radius 3 is 2.20 bits per heavy atom. The molecule has 0 fully saturated rings. The number of ether oxygens (including phenoxy) is 3. The van der Waals surface area contributed by atoms with Crippen LogP contribution in [-0.2, 0) is 19.0 Å². The quantitative estimate of drug-likeness (QED) is 0.355. The average Bonchev–Trinajstić information content (AvgIpc) is 2.25. The lowest BCUT2D eigenvalue weighted by Crippen LogP contribution is -2.32. The highest BCUT2D eigenvalue weighted by Crippen LogP contribution is 2.14. The zero-order chi connectivity index (χ0) is 11.7. The zero-order valence-electron chi connectivity index (χ0n) is 10.1. The van der Waals surface area contributed by atoms with Crippen molar-refractivity contribution >= 4 is 5.97 Å². The van der Waals surface area contributed by atoms with E-state index in [-0.39, 0.29) is 11.9 Å². The molecule has 0 spiro atoms. The lowest BCUT2D eigenvalue weighted by molar-refractivity contribution is -0.177. The summed E-state index contributed by atoms with van der Waals surface area (Å²) in [4.78, 5) is 11.6. The molecule has 1 atom stereocenters. The van der Waals surface area contributed by atoms with Crippen molar-refractivity contribution in [3.63, 3.8) is 0 Å². The Morgan fingerprint density at radius 1 is 1.20 bits per heavy atom. The van der Waals surface area contributed by atoms with E-state index in [1.807, 2.05) is 6.92 Å². The number of esters is 1. The van der Waals surface area contributed by atoms with Gasteiger partial charge < -0.3 is 14.2 Å². The van der Waals surface area contributed by atoms with E-state index >= 15 is 0 Å². The minimum Gasteiger partial charge on any atom is -0.465 e. The van der Waals surface area contributed by atoms with Gasteiger partial charge in [0.1, 0.15) is 5.92 Å². The smallest absolute Gasteiger partial charge is 0.314 e. The van der Waals surface area contributed by atoms with Crippen LogP contribution in [0.15, 0.2) is 0 Å². The summed E-state index contributed by atoms with van der Waals surface area (Å²) in [7, 11) is 3.05. The van der Waals surface area contributed by atoms with Crippen LogP contribution in [-0.4, -0.2) is 33.1 Å². The van der Waals surface area contributed by atoms with Crippen LogP contribution in [0.4, 0.5) is 0 Å². The molecule has 0 aromatic rings. The first kappa shape index (κ1) is 14.4. The van der Waals surface area contributed by atoms with Gasteiger partial charge in [0, 0.05) is 14.2 Å². The number of carbonyl (C=O) groups is 1. The molecule has 0 aromatic carbocycles. The van der Waals surface area contributed by atoms with Gasteiger partial charge in [0.05, 0.1) is 6.61 Å². The maximum absolute atomic E-state index is 11.6. The van der Waals surface area contributed by atoms with Gasteiger partial charge in [-0.2, -0.15) is 0 Å². The molecule has 0 radical (unpaired) electrons. The largest absolute Gasteiger partial charge is 0.465 e. The van der Waals surface area contributed by atoms with Crippen molar-refractivity contribution in [1.82, 2.24) is 0 Å². The minimum atomic E-state index is -0.510. The Hall–Kier alpha value is -0.610. The van der Waals surface area contributed by atoms with Gasteiger partial charge in [-0.1, -0.05) is 20.3 Å². The fourth-order valence-corrected chi connectivity index (χ4v) is 1.32. The monoisotopic (exact) mass is 218 g/mol. The first-order valence-corrected chi connectivity index (χ1v) is 5.43. The van der Waals surface area contributed by atoms with E-state index in [2.05, 4.69) is 6.92 Å². The van der Waals surface area contributed by atoms with Gasteiger partial charge in [0.2, 0.25) is 0 Å². The first-order valence-electron chi connectivity index (χ1n) is 5.43. The summed E-state index contributed by atoms with van der Waals surface area (Å²) < 4.78 is 15.2. The number of hydrogen-bond acceptors (Lipinski definition) is 4. The Labute approximate surface area is 91.9 Å². The summed E-state index contributed by atoms with van der Waals surface area (Å²) in [5, 5.41) is 0. The van der Waals surface area contributed by atoms with Crippen LogP contribution in [0, 0.1) is 5.92 Å². The van der Waals surface area contributed by atoms with Crippen LogP contribution < -0.4 is 0 Å². The van der Waals surface area contributed by atoms with E-state index in [9.17, 15) is 4.79 Å². The molecule has 0 aliphatic rings. The molecule has 0 aliphatic carbocycles. The van der Waals surface area contributed by atoms with Crippen LogP contribution in [0.3, 0.4) is 0 Å². The van der Waals surface area contributed by atoms with E-state index in [1.54, 1.807) is 0 Å². The van der Waals surface area contributed by atoms with Gasteiger partial charge in [-0.05, 0) is 12.8 Å². The van der Waals surface area contributed by atoms with Crippen molar-refractivity contribution in [2.24, 2.45) is 5.92 Å². The van der Waals surface area contributed by atoms with Crippen molar-refractivity contribution in [3.8, 4) is 0 Å². The molecule has 0 aromatic heterocycles. The fourth-order valence-electron chi connectivity index (χ4n) is 1.32. The van der Waals surface area contributed by atoms with Gasteiger partial charge in [-0.3, -0.25) is 4.79 Å². The molecule has 1 unspecified atom stereocenters. The highest BCUT2D eigenvalue weighted by Gasteiger charge is 2.27. The van der Waals surface area contributed by atoms with Crippen LogP contribution in [0.25, 0.3) is 0 Å². The third-order valence-corrected chi connectivity index (χ3v) is 2.28. The topological polar surface area (TPSA) is 44.8 Å². The molecule has 0 aliphatic heterocycles. The number of unbranched alkanes of at least 4 members (excludes halogenated alkanes) is 1. The van der Waals surface area contributed by atoms with Gasteiger partial charge in [-0.15, -0.1) is 0 Å². The Bertz CT molecular complexity index is 166. The van der Waals surface area contributed by atoms with E-state index in [4.69, 9.17) is 14.2 Å². The highest BCUT2D eigenvalue weighted by atomic mass is 16.7. The maximum Gasteiger partial charge on any atom is 0.314 e. The Kier molecular flexibility index (Phi) is 8.33. The lowest BCUT2D eigenvalue weighted by Gasteiger charge is -2.21. The summed E-state index contributed by atoms with van der Waals surface area (Å²) in [5.41, 5.74) is 0. The predicted octanol–water partition coefficient (Wildman–Crippen LogP) is 1.97. The summed E-state index contributed by atoms with van der Waals surface area (Å²) in [6, 6.07) is 0. The second kappa shape index (κ2) is 8.68. The van der Waals surface area contributed by atoms with Crippen molar-refractivity contribution in [2.75, 3.05) is 20.8 Å². The second-order valence-corrected chi connectivity index (χ2v) is 3.38. The SMILES string of the molecule is CCCCOC(=O)C(CC)C(OC)OC. The maximum atomic E-state index is 11.6. The highest BCUT2D eigenvalue weighted by molar-refractivity contribution is 5.72. The van der Waals surface area contributed by atoms with E-state index in [0.717, 1.165) is 12.8 Å². The number of rotatable bonds is 8. The van der Waals surface area contributed by atoms with Crippen molar-refractivity contribution in [1.29, 1.82) is 0 Å². The van der Waals surface area contributed by atoms with E-state index < -0.39 is 6.29 Å². The second-order valence-electron chi connectivity index (χ2n) is 3.38. The van der Waals surface area contributed by atoms with E-state index in [1.165, 1.54) is 14.2 Å². The Balaban J connectivity index is 4.08. The zero-order valence-corrected chi connectivity index (χ0v) is 10.1. The molecule has 90 valence electrons.